The van der Waals surface area contributed by atoms with Crippen LogP contribution in [0.5, 0.6) is 0 Å². The first-order chi connectivity index (χ1) is 11.4. The van der Waals surface area contributed by atoms with Gasteiger partial charge >= 0.3 is 5.97 Å². The third kappa shape index (κ3) is 4.45. The summed E-state index contributed by atoms with van der Waals surface area (Å²) >= 11 is 6.00. The molecule has 1 saturated heterocycles. The number of hydrogen-bond acceptors (Lipinski definition) is 4. The molecule has 7 heteroatoms. The van der Waals surface area contributed by atoms with Gasteiger partial charge in [0.15, 0.2) is 0 Å². The summed E-state index contributed by atoms with van der Waals surface area (Å²) in [6, 6.07) is 4.09. The van der Waals surface area contributed by atoms with Gasteiger partial charge < -0.3 is 14.4 Å². The highest BCUT2D eigenvalue weighted by molar-refractivity contribution is 6.33. The fraction of sp³-hybridized carbons (Fsp3) is 0.529. The number of halogens is 2. The van der Waals surface area contributed by atoms with Crippen LogP contribution in [0.3, 0.4) is 0 Å². The molecule has 0 saturated carbocycles. The Morgan fingerprint density at radius 1 is 1.50 bits per heavy atom. The zero-order chi connectivity index (χ0) is 17.7. The van der Waals surface area contributed by atoms with Crippen molar-refractivity contribution in [3.8, 4) is 0 Å². The lowest BCUT2D eigenvalue weighted by atomic mass is 10.1. The van der Waals surface area contributed by atoms with Crippen molar-refractivity contribution in [3.05, 3.63) is 34.6 Å². The third-order valence-electron chi connectivity index (χ3n) is 4.01. The molecule has 1 aliphatic rings. The highest BCUT2D eigenvalue weighted by atomic mass is 35.5. The smallest absolute Gasteiger partial charge is 0.310 e. The summed E-state index contributed by atoms with van der Waals surface area (Å²) in [5, 5.41) is 0.0445. The van der Waals surface area contributed by atoms with Crippen molar-refractivity contribution in [1.29, 1.82) is 0 Å². The van der Waals surface area contributed by atoms with Crippen molar-refractivity contribution in [2.24, 2.45) is 5.92 Å². The van der Waals surface area contributed by atoms with Crippen molar-refractivity contribution in [3.63, 3.8) is 0 Å². The molecule has 0 aromatic heterocycles. The van der Waals surface area contributed by atoms with Crippen LogP contribution >= 0.6 is 11.6 Å². The van der Waals surface area contributed by atoms with Crippen LogP contribution in [0.1, 0.15) is 30.1 Å². The van der Waals surface area contributed by atoms with E-state index in [-0.39, 0.29) is 29.8 Å². The molecule has 1 fully saturated rings. The monoisotopic (exact) mass is 357 g/mol. The third-order valence-corrected chi connectivity index (χ3v) is 4.32. The van der Waals surface area contributed by atoms with Gasteiger partial charge in [0, 0.05) is 19.7 Å². The van der Waals surface area contributed by atoms with Gasteiger partial charge in [0.1, 0.15) is 5.82 Å². The molecular formula is C17H21ClFNO4. The summed E-state index contributed by atoms with van der Waals surface area (Å²) in [5.74, 6) is -2.20. The van der Waals surface area contributed by atoms with E-state index in [4.69, 9.17) is 21.1 Å². The Morgan fingerprint density at radius 3 is 2.83 bits per heavy atom. The van der Waals surface area contributed by atoms with E-state index in [9.17, 15) is 14.0 Å². The number of methoxy groups -OCH3 is 1. The molecule has 132 valence electrons. The van der Waals surface area contributed by atoms with Gasteiger partial charge in [-0.1, -0.05) is 24.6 Å². The van der Waals surface area contributed by atoms with Crippen LogP contribution in [0.4, 0.5) is 4.39 Å². The lowest BCUT2D eigenvalue weighted by molar-refractivity contribution is -0.145. The van der Waals surface area contributed by atoms with E-state index in [0.717, 1.165) is 12.8 Å². The molecule has 5 nitrogen and oxygen atoms in total. The van der Waals surface area contributed by atoms with Crippen LogP contribution in [0.2, 0.25) is 5.02 Å². The lowest BCUT2D eigenvalue weighted by Crippen LogP contribution is -2.42. The second kappa shape index (κ2) is 8.44. The lowest BCUT2D eigenvalue weighted by Gasteiger charge is -2.28. The molecule has 0 N–H and O–H groups in total. The van der Waals surface area contributed by atoms with Gasteiger partial charge in [-0.3, -0.25) is 9.59 Å². The summed E-state index contributed by atoms with van der Waals surface area (Å²) in [6.07, 6.45) is 1.62. The number of rotatable bonds is 6. The van der Waals surface area contributed by atoms with Crippen LogP contribution in [0.15, 0.2) is 18.2 Å². The molecule has 0 radical (unpaired) electrons. The number of hydrogen-bond donors (Lipinski definition) is 0. The van der Waals surface area contributed by atoms with Gasteiger partial charge in [-0.2, -0.15) is 0 Å². The summed E-state index contributed by atoms with van der Waals surface area (Å²) < 4.78 is 24.4. The Bertz CT molecular complexity index is 584. The van der Waals surface area contributed by atoms with Crippen LogP contribution in [0.25, 0.3) is 0 Å². The van der Waals surface area contributed by atoms with Crippen molar-refractivity contribution >= 4 is 23.5 Å². The van der Waals surface area contributed by atoms with Crippen molar-refractivity contribution < 1.29 is 23.5 Å². The maximum atomic E-state index is 14.1. The number of nitrogens with zero attached hydrogens (tertiary/aromatic N) is 1. The van der Waals surface area contributed by atoms with Crippen LogP contribution in [-0.2, 0) is 14.3 Å². The molecule has 2 atom stereocenters. The largest absolute Gasteiger partial charge is 0.469 e. The number of esters is 1. The zero-order valence-corrected chi connectivity index (χ0v) is 14.5. The molecule has 2 rings (SSSR count). The summed E-state index contributed by atoms with van der Waals surface area (Å²) in [5.41, 5.74) is -0.186. The highest BCUT2D eigenvalue weighted by Gasteiger charge is 2.29. The topological polar surface area (TPSA) is 55.8 Å². The van der Waals surface area contributed by atoms with Crippen molar-refractivity contribution in [2.75, 3.05) is 26.8 Å². The fourth-order valence-electron chi connectivity index (χ4n) is 2.74. The maximum Gasteiger partial charge on any atom is 0.310 e. The Hall–Kier alpha value is -1.66. The maximum absolute atomic E-state index is 14.1. The number of carbonyl (C=O) groups is 2. The van der Waals surface area contributed by atoms with Crippen LogP contribution in [0, 0.1) is 11.7 Å². The first-order valence-corrected chi connectivity index (χ1v) is 8.24. The Labute approximate surface area is 145 Å². The fourth-order valence-corrected chi connectivity index (χ4v) is 2.98. The SMILES string of the molecule is COC(=O)C(C)CN(CC1CCCO1)C(=O)c1c(F)cccc1Cl. The first-order valence-electron chi connectivity index (χ1n) is 7.86. The van der Waals surface area contributed by atoms with Gasteiger partial charge in [-0.05, 0) is 25.0 Å². The predicted molar refractivity (Wildman–Crippen MR) is 87.5 cm³/mol. The Balaban J connectivity index is 2.23. The average molecular weight is 358 g/mol. The molecule has 1 aliphatic heterocycles. The average Bonchev–Trinajstić information content (AvgIpc) is 3.06. The standard InChI is InChI=1S/C17H21ClFNO4/c1-11(17(22)23-2)9-20(10-12-5-4-8-24-12)16(21)15-13(18)6-3-7-14(15)19/h3,6-7,11-12H,4-5,8-10H2,1-2H3. The molecule has 1 aromatic carbocycles. The predicted octanol–water partition coefficient (Wildman–Crippen LogP) is 2.91. The minimum absolute atomic E-state index is 0.0445. The first kappa shape index (κ1) is 18.7. The van der Waals surface area contributed by atoms with Crippen LogP contribution in [-0.4, -0.2) is 49.7 Å². The molecule has 1 amide bonds. The molecular weight excluding hydrogens is 337 g/mol. The van der Waals surface area contributed by atoms with Crippen molar-refractivity contribution in [1.82, 2.24) is 4.90 Å². The van der Waals surface area contributed by atoms with Gasteiger partial charge in [0.25, 0.3) is 5.91 Å². The minimum atomic E-state index is -0.685. The Morgan fingerprint density at radius 2 is 2.25 bits per heavy atom. The second-order valence-corrected chi connectivity index (χ2v) is 6.27. The summed E-state index contributed by atoms with van der Waals surface area (Å²) in [7, 11) is 1.29. The molecule has 0 aliphatic carbocycles. The van der Waals surface area contributed by atoms with E-state index in [2.05, 4.69) is 0 Å². The van der Waals surface area contributed by atoms with Gasteiger partial charge in [-0.15, -0.1) is 0 Å². The summed E-state index contributed by atoms with van der Waals surface area (Å²) in [4.78, 5) is 25.9. The highest BCUT2D eigenvalue weighted by Crippen LogP contribution is 2.23. The van der Waals surface area contributed by atoms with Crippen LogP contribution < -0.4 is 0 Å². The second-order valence-electron chi connectivity index (χ2n) is 5.87. The van der Waals surface area contributed by atoms with E-state index in [1.807, 2.05) is 0 Å². The van der Waals surface area contributed by atoms with E-state index in [1.165, 1.54) is 30.2 Å². The molecule has 2 unspecified atom stereocenters. The number of benzene rings is 1. The zero-order valence-electron chi connectivity index (χ0n) is 13.8. The van der Waals surface area contributed by atoms with Gasteiger partial charge in [-0.25, -0.2) is 4.39 Å². The molecule has 0 spiro atoms. The normalized spacial score (nSPS) is 18.2. The number of ether oxygens (including phenoxy) is 2. The van der Waals surface area contributed by atoms with E-state index in [0.29, 0.717) is 6.61 Å². The Kier molecular flexibility index (Phi) is 6.57. The van der Waals surface area contributed by atoms with Crippen molar-refractivity contribution in [2.45, 2.75) is 25.9 Å². The van der Waals surface area contributed by atoms with E-state index < -0.39 is 23.6 Å². The number of amides is 1. The molecule has 0 bridgehead atoms. The van der Waals surface area contributed by atoms with Gasteiger partial charge in [0.05, 0.1) is 29.7 Å². The molecule has 24 heavy (non-hydrogen) atoms. The molecule has 1 aromatic rings. The quantitative estimate of drug-likeness (QED) is 0.734. The minimum Gasteiger partial charge on any atom is -0.469 e. The van der Waals surface area contributed by atoms with E-state index in [1.54, 1.807) is 6.92 Å². The number of carbonyl (C=O) groups excluding carboxylic acids is 2. The summed E-state index contributed by atoms with van der Waals surface area (Å²) in [6.45, 7) is 2.69. The van der Waals surface area contributed by atoms with E-state index >= 15 is 0 Å². The van der Waals surface area contributed by atoms with Gasteiger partial charge in [0.2, 0.25) is 0 Å². The molecule has 1 heterocycles.